The van der Waals surface area contributed by atoms with Gasteiger partial charge in [0, 0.05) is 0 Å². The summed E-state index contributed by atoms with van der Waals surface area (Å²) in [5.74, 6) is -0.952. The van der Waals surface area contributed by atoms with E-state index in [0.717, 1.165) is 10.5 Å². The Morgan fingerprint density at radius 3 is 2.34 bits per heavy atom. The van der Waals surface area contributed by atoms with Crippen LogP contribution < -0.4 is 19.7 Å². The molecule has 0 bridgehead atoms. The van der Waals surface area contributed by atoms with E-state index in [9.17, 15) is 18.8 Å². The summed E-state index contributed by atoms with van der Waals surface area (Å²) in [4.78, 5) is 38.7. The lowest BCUT2D eigenvalue weighted by Crippen LogP contribution is -2.54. The Bertz CT molecular complexity index is 1310. The van der Waals surface area contributed by atoms with Crippen molar-refractivity contribution < 1.29 is 28.2 Å². The van der Waals surface area contributed by atoms with Crippen LogP contribution in [0.3, 0.4) is 0 Å². The van der Waals surface area contributed by atoms with E-state index in [2.05, 4.69) is 5.32 Å². The van der Waals surface area contributed by atoms with Gasteiger partial charge in [-0.1, -0.05) is 29.8 Å². The maximum Gasteiger partial charge on any atom is 0.335 e. The number of amides is 4. The van der Waals surface area contributed by atoms with Crippen molar-refractivity contribution in [3.8, 4) is 11.5 Å². The lowest BCUT2D eigenvalue weighted by Gasteiger charge is -2.26. The van der Waals surface area contributed by atoms with E-state index in [1.54, 1.807) is 48.5 Å². The fraction of sp³-hybridized carbons (Fsp3) is 0.115. The van der Waals surface area contributed by atoms with Gasteiger partial charge in [-0.3, -0.25) is 14.9 Å². The highest BCUT2D eigenvalue weighted by molar-refractivity contribution is 6.39. The van der Waals surface area contributed by atoms with E-state index in [-0.39, 0.29) is 28.7 Å². The van der Waals surface area contributed by atoms with Crippen molar-refractivity contribution in [2.75, 3.05) is 11.5 Å². The van der Waals surface area contributed by atoms with Crippen LogP contribution in [0.25, 0.3) is 6.08 Å². The zero-order chi connectivity index (χ0) is 24.9. The van der Waals surface area contributed by atoms with E-state index < -0.39 is 17.8 Å². The molecule has 1 saturated heterocycles. The zero-order valence-electron chi connectivity index (χ0n) is 18.6. The van der Waals surface area contributed by atoms with Gasteiger partial charge in [0.1, 0.15) is 29.5 Å². The Kier molecular flexibility index (Phi) is 7.12. The normalized spacial score (nSPS) is 14.8. The molecule has 4 amide bonds. The SMILES string of the molecule is CCOc1ccc(N2C(=O)NC(=O)/C(=C\c3ccc(OCc4ccc(F)cc4)c(Cl)c3)C2=O)cc1. The number of carbonyl (C=O) groups excluding carboxylic acids is 3. The molecule has 0 unspecified atom stereocenters. The molecule has 4 rings (SSSR count). The zero-order valence-corrected chi connectivity index (χ0v) is 19.3. The maximum atomic E-state index is 13.1. The van der Waals surface area contributed by atoms with Gasteiger partial charge in [0.15, 0.2) is 0 Å². The molecule has 1 heterocycles. The number of anilines is 1. The van der Waals surface area contributed by atoms with Gasteiger partial charge in [-0.05, 0) is 72.7 Å². The number of nitrogens with one attached hydrogen (secondary N) is 1. The van der Waals surface area contributed by atoms with Crippen molar-refractivity contribution in [3.05, 3.63) is 94.3 Å². The minimum atomic E-state index is -0.844. The summed E-state index contributed by atoms with van der Waals surface area (Å²) in [6.45, 7) is 2.50. The number of nitrogens with zero attached hydrogens (tertiary/aromatic N) is 1. The topological polar surface area (TPSA) is 84.9 Å². The molecule has 35 heavy (non-hydrogen) atoms. The summed E-state index contributed by atoms with van der Waals surface area (Å²) in [6, 6.07) is 16.2. The molecule has 1 fully saturated rings. The lowest BCUT2D eigenvalue weighted by molar-refractivity contribution is -0.122. The molecule has 0 atom stereocenters. The quantitative estimate of drug-likeness (QED) is 0.364. The Labute approximate surface area is 205 Å². The molecule has 7 nitrogen and oxygen atoms in total. The second-order valence-electron chi connectivity index (χ2n) is 7.49. The van der Waals surface area contributed by atoms with Crippen molar-refractivity contribution in [2.24, 2.45) is 0 Å². The fourth-order valence-electron chi connectivity index (χ4n) is 3.38. The van der Waals surface area contributed by atoms with Gasteiger partial charge in [0.25, 0.3) is 11.8 Å². The van der Waals surface area contributed by atoms with Crippen LogP contribution >= 0.6 is 11.6 Å². The second kappa shape index (κ2) is 10.4. The average molecular weight is 495 g/mol. The number of imide groups is 2. The van der Waals surface area contributed by atoms with Crippen LogP contribution in [0.1, 0.15) is 18.1 Å². The summed E-state index contributed by atoms with van der Waals surface area (Å²) in [7, 11) is 0. The van der Waals surface area contributed by atoms with Crippen LogP contribution in [0.15, 0.2) is 72.3 Å². The van der Waals surface area contributed by atoms with Gasteiger partial charge in [0.2, 0.25) is 0 Å². The molecule has 0 saturated carbocycles. The van der Waals surface area contributed by atoms with E-state index in [0.29, 0.717) is 23.7 Å². The first-order valence-electron chi connectivity index (χ1n) is 10.7. The maximum absolute atomic E-state index is 13.1. The summed E-state index contributed by atoms with van der Waals surface area (Å²) in [5, 5.41) is 2.43. The minimum absolute atomic E-state index is 0.181. The van der Waals surface area contributed by atoms with Crippen molar-refractivity contribution in [1.29, 1.82) is 0 Å². The average Bonchev–Trinajstić information content (AvgIpc) is 2.83. The molecule has 0 radical (unpaired) electrons. The number of hydrogen-bond donors (Lipinski definition) is 1. The molecule has 0 aromatic heterocycles. The van der Waals surface area contributed by atoms with Crippen molar-refractivity contribution in [2.45, 2.75) is 13.5 Å². The lowest BCUT2D eigenvalue weighted by atomic mass is 10.1. The van der Waals surface area contributed by atoms with E-state index >= 15 is 0 Å². The molecule has 0 spiro atoms. The Balaban J connectivity index is 1.53. The van der Waals surface area contributed by atoms with Crippen molar-refractivity contribution in [3.63, 3.8) is 0 Å². The highest BCUT2D eigenvalue weighted by Gasteiger charge is 2.36. The van der Waals surface area contributed by atoms with Crippen LogP contribution in [0, 0.1) is 5.82 Å². The van der Waals surface area contributed by atoms with E-state index in [4.69, 9.17) is 21.1 Å². The number of ether oxygens (including phenoxy) is 2. The molecule has 9 heteroatoms. The third-order valence-corrected chi connectivity index (χ3v) is 5.38. The number of halogens is 2. The Morgan fingerprint density at radius 2 is 1.69 bits per heavy atom. The minimum Gasteiger partial charge on any atom is -0.494 e. The number of hydrogen-bond acceptors (Lipinski definition) is 5. The third kappa shape index (κ3) is 5.50. The molecule has 3 aromatic carbocycles. The summed E-state index contributed by atoms with van der Waals surface area (Å²) in [6.07, 6.45) is 1.35. The predicted molar refractivity (Wildman–Crippen MR) is 129 cm³/mol. The van der Waals surface area contributed by atoms with E-state index in [1.165, 1.54) is 24.3 Å². The van der Waals surface area contributed by atoms with Crippen LogP contribution in [-0.4, -0.2) is 24.5 Å². The van der Waals surface area contributed by atoms with Crippen LogP contribution in [0.2, 0.25) is 5.02 Å². The first-order valence-corrected chi connectivity index (χ1v) is 11.0. The smallest absolute Gasteiger partial charge is 0.335 e. The number of barbiturate groups is 1. The Hall–Kier alpha value is -4.17. The highest BCUT2D eigenvalue weighted by Crippen LogP contribution is 2.29. The van der Waals surface area contributed by atoms with Gasteiger partial charge >= 0.3 is 6.03 Å². The summed E-state index contributed by atoms with van der Waals surface area (Å²) >= 11 is 6.32. The molecular weight excluding hydrogens is 475 g/mol. The van der Waals surface area contributed by atoms with Crippen LogP contribution in [-0.2, 0) is 16.2 Å². The van der Waals surface area contributed by atoms with E-state index in [1.807, 2.05) is 6.92 Å². The van der Waals surface area contributed by atoms with Gasteiger partial charge in [0.05, 0.1) is 17.3 Å². The third-order valence-electron chi connectivity index (χ3n) is 5.08. The van der Waals surface area contributed by atoms with Crippen molar-refractivity contribution in [1.82, 2.24) is 5.32 Å². The second-order valence-corrected chi connectivity index (χ2v) is 7.90. The Morgan fingerprint density at radius 1 is 0.971 bits per heavy atom. The first kappa shape index (κ1) is 24.0. The van der Waals surface area contributed by atoms with Gasteiger partial charge < -0.3 is 9.47 Å². The van der Waals surface area contributed by atoms with Crippen LogP contribution in [0.5, 0.6) is 11.5 Å². The molecule has 178 valence electrons. The van der Waals surface area contributed by atoms with Crippen LogP contribution in [0.4, 0.5) is 14.9 Å². The van der Waals surface area contributed by atoms with Gasteiger partial charge in [-0.15, -0.1) is 0 Å². The number of urea groups is 1. The molecular formula is C26H20ClFN2O5. The highest BCUT2D eigenvalue weighted by atomic mass is 35.5. The number of benzene rings is 3. The van der Waals surface area contributed by atoms with Crippen molar-refractivity contribution >= 4 is 41.2 Å². The molecule has 1 aliphatic rings. The first-order chi connectivity index (χ1) is 16.9. The molecule has 0 aliphatic carbocycles. The summed E-state index contributed by atoms with van der Waals surface area (Å²) < 4.78 is 24.1. The monoisotopic (exact) mass is 494 g/mol. The number of rotatable bonds is 7. The standard InChI is InChI=1S/C26H20ClFN2O5/c1-2-34-20-10-8-19(9-11-20)30-25(32)21(24(31)29-26(30)33)13-17-5-12-23(22(27)14-17)35-15-16-3-6-18(28)7-4-16/h3-14H,2,15H2,1H3,(H,29,31,33)/b21-13+. The predicted octanol–water partition coefficient (Wildman–Crippen LogP) is 5.12. The molecule has 1 aliphatic heterocycles. The largest absolute Gasteiger partial charge is 0.494 e. The van der Waals surface area contributed by atoms with Gasteiger partial charge in [-0.25, -0.2) is 14.1 Å². The fourth-order valence-corrected chi connectivity index (χ4v) is 3.63. The molecule has 1 N–H and O–H groups in total. The number of carbonyl (C=O) groups is 3. The molecule has 3 aromatic rings. The summed E-state index contributed by atoms with van der Waals surface area (Å²) in [5.41, 5.74) is 1.28. The van der Waals surface area contributed by atoms with Gasteiger partial charge in [-0.2, -0.15) is 0 Å².